The lowest BCUT2D eigenvalue weighted by molar-refractivity contribution is -0.141. The van der Waals surface area contributed by atoms with E-state index in [9.17, 15) is 18.0 Å². The summed E-state index contributed by atoms with van der Waals surface area (Å²) in [5, 5.41) is 0.422. The van der Waals surface area contributed by atoms with Gasteiger partial charge in [0.15, 0.2) is 11.5 Å². The molecule has 3 aromatic rings. The molecule has 2 heterocycles. The third kappa shape index (κ3) is 4.19. The second-order valence-corrected chi connectivity index (χ2v) is 6.57. The summed E-state index contributed by atoms with van der Waals surface area (Å²) >= 11 is 6.04. The highest BCUT2D eigenvalue weighted by Gasteiger charge is 2.37. The minimum Gasteiger partial charge on any atom is -0.305 e. The molecule has 0 saturated heterocycles. The summed E-state index contributed by atoms with van der Waals surface area (Å²) in [6, 6.07) is 9.70. The van der Waals surface area contributed by atoms with Crippen molar-refractivity contribution in [2.75, 3.05) is 0 Å². The molecule has 0 unspecified atom stereocenters. The van der Waals surface area contributed by atoms with Crippen molar-refractivity contribution in [1.29, 1.82) is 0 Å². The van der Waals surface area contributed by atoms with Crippen molar-refractivity contribution in [1.82, 2.24) is 15.0 Å². The van der Waals surface area contributed by atoms with Gasteiger partial charge in [0.2, 0.25) is 0 Å². The number of hydrogen-bond acceptors (Lipinski definition) is 3. The Bertz CT molecular complexity index is 1060. The van der Waals surface area contributed by atoms with Crippen LogP contribution in [0.15, 0.2) is 41.2 Å². The number of pyridine rings is 1. The molecule has 0 saturated carbocycles. The maximum Gasteiger partial charge on any atom is 0.433 e. The molecule has 1 aromatic carbocycles. The van der Waals surface area contributed by atoms with Crippen molar-refractivity contribution in [3.63, 3.8) is 0 Å². The Hall–Kier alpha value is -2.67. The molecule has 3 rings (SSSR count). The smallest absolute Gasteiger partial charge is 0.305 e. The summed E-state index contributed by atoms with van der Waals surface area (Å²) in [6.07, 6.45) is -5.02. The molecule has 0 radical (unpaired) electrons. The Labute approximate surface area is 158 Å². The third-order valence-corrected chi connectivity index (χ3v) is 4.44. The van der Waals surface area contributed by atoms with Crippen LogP contribution < -0.4 is 5.56 Å². The molecule has 27 heavy (non-hydrogen) atoms. The molecule has 0 aliphatic heterocycles. The minimum atomic E-state index is -4.78. The number of hydrogen-bond donors (Lipinski definition) is 1. The fourth-order valence-corrected chi connectivity index (χ4v) is 2.85. The molecule has 0 amide bonds. The van der Waals surface area contributed by atoms with E-state index in [1.165, 1.54) is 6.07 Å². The molecule has 140 valence electrons. The van der Waals surface area contributed by atoms with E-state index in [0.717, 1.165) is 5.56 Å². The molecule has 8 heteroatoms. The van der Waals surface area contributed by atoms with E-state index >= 15 is 0 Å². The number of halogens is 4. The predicted molar refractivity (Wildman–Crippen MR) is 96.8 cm³/mol. The molecule has 0 bridgehead atoms. The number of rotatable bonds is 3. The fourth-order valence-electron chi connectivity index (χ4n) is 2.64. The van der Waals surface area contributed by atoms with Crippen molar-refractivity contribution in [3.8, 4) is 11.5 Å². The van der Waals surface area contributed by atoms with Gasteiger partial charge in [-0.3, -0.25) is 4.79 Å². The summed E-state index contributed by atoms with van der Waals surface area (Å²) in [5.41, 5.74) is -0.480. The first-order valence-electron chi connectivity index (χ1n) is 8.04. The zero-order valence-electron chi connectivity index (χ0n) is 14.5. The van der Waals surface area contributed by atoms with Crippen LogP contribution in [-0.2, 0) is 12.6 Å². The summed E-state index contributed by atoms with van der Waals surface area (Å²) in [6.45, 7) is 3.48. The Kier molecular flexibility index (Phi) is 5.06. The van der Waals surface area contributed by atoms with E-state index in [1.54, 1.807) is 44.2 Å². The lowest BCUT2D eigenvalue weighted by Crippen LogP contribution is -2.24. The first-order valence-corrected chi connectivity index (χ1v) is 8.42. The summed E-state index contributed by atoms with van der Waals surface area (Å²) in [5.74, 6) is -0.221. The molecule has 0 fully saturated rings. The van der Waals surface area contributed by atoms with Gasteiger partial charge in [-0.05, 0) is 43.2 Å². The number of benzene rings is 1. The molecule has 0 spiro atoms. The van der Waals surface area contributed by atoms with Crippen LogP contribution in [0, 0.1) is 13.8 Å². The normalized spacial score (nSPS) is 11.6. The van der Waals surface area contributed by atoms with Crippen LogP contribution in [0.25, 0.3) is 11.5 Å². The van der Waals surface area contributed by atoms with Gasteiger partial charge in [-0.15, -0.1) is 0 Å². The second kappa shape index (κ2) is 7.15. The van der Waals surface area contributed by atoms with Crippen LogP contribution in [0.1, 0.15) is 28.1 Å². The molecular formula is C19H15ClF3N3O. The molecule has 1 N–H and O–H groups in total. The molecule has 4 nitrogen and oxygen atoms in total. The van der Waals surface area contributed by atoms with E-state index in [2.05, 4.69) is 15.0 Å². The van der Waals surface area contributed by atoms with Crippen molar-refractivity contribution in [2.24, 2.45) is 0 Å². The van der Waals surface area contributed by atoms with E-state index in [-0.39, 0.29) is 17.9 Å². The van der Waals surface area contributed by atoms with E-state index < -0.39 is 23.0 Å². The number of alkyl halides is 3. The van der Waals surface area contributed by atoms with Crippen LogP contribution in [0.4, 0.5) is 13.2 Å². The standard InChI is InChI=1S/C19H15ClF3N3O/c1-10-6-7-12(9-14(10)20)8-13-16(19(21,22)23)25-17(26-18(13)27)15-5-3-4-11(2)24-15/h3-7,9H,8H2,1-2H3,(H,25,26,27). The maximum absolute atomic E-state index is 13.6. The first-order chi connectivity index (χ1) is 12.6. The topological polar surface area (TPSA) is 58.6 Å². The van der Waals surface area contributed by atoms with Gasteiger partial charge in [0.25, 0.3) is 5.56 Å². The number of H-pyrrole nitrogens is 1. The van der Waals surface area contributed by atoms with Crippen molar-refractivity contribution >= 4 is 11.6 Å². The van der Waals surface area contributed by atoms with Crippen LogP contribution in [0.2, 0.25) is 5.02 Å². The molecular weight excluding hydrogens is 379 g/mol. The average molecular weight is 394 g/mol. The van der Waals surface area contributed by atoms with Gasteiger partial charge in [0.1, 0.15) is 5.69 Å². The van der Waals surface area contributed by atoms with Crippen LogP contribution in [0.3, 0.4) is 0 Å². The largest absolute Gasteiger partial charge is 0.433 e. The molecule has 2 aromatic heterocycles. The van der Waals surface area contributed by atoms with Crippen molar-refractivity contribution in [2.45, 2.75) is 26.4 Å². The first kappa shape index (κ1) is 19.1. The van der Waals surface area contributed by atoms with Crippen LogP contribution >= 0.6 is 11.6 Å². The quantitative estimate of drug-likeness (QED) is 0.701. The highest BCUT2D eigenvalue weighted by Crippen LogP contribution is 2.31. The average Bonchev–Trinajstić information content (AvgIpc) is 2.58. The van der Waals surface area contributed by atoms with Gasteiger partial charge in [0.05, 0.1) is 5.56 Å². The fraction of sp³-hybridized carbons (Fsp3) is 0.211. The van der Waals surface area contributed by atoms with Crippen molar-refractivity contribution < 1.29 is 13.2 Å². The Morgan fingerprint density at radius 2 is 1.85 bits per heavy atom. The summed E-state index contributed by atoms with van der Waals surface area (Å²) in [7, 11) is 0. The Balaban J connectivity index is 2.13. The molecule has 0 atom stereocenters. The van der Waals surface area contributed by atoms with Gasteiger partial charge in [0, 0.05) is 17.1 Å². The SMILES string of the molecule is Cc1cccc(-c2nc(C(F)(F)F)c(Cc3ccc(C)c(Cl)c3)c(=O)[nH]2)n1. The second-order valence-electron chi connectivity index (χ2n) is 6.16. The van der Waals surface area contributed by atoms with Crippen LogP contribution in [0.5, 0.6) is 0 Å². The van der Waals surface area contributed by atoms with Gasteiger partial charge < -0.3 is 4.98 Å². The lowest BCUT2D eigenvalue weighted by atomic mass is 10.0. The zero-order valence-corrected chi connectivity index (χ0v) is 15.2. The highest BCUT2D eigenvalue weighted by molar-refractivity contribution is 6.31. The van der Waals surface area contributed by atoms with Gasteiger partial charge in [-0.25, -0.2) is 9.97 Å². The third-order valence-electron chi connectivity index (χ3n) is 4.03. The van der Waals surface area contributed by atoms with E-state index in [1.807, 2.05) is 0 Å². The van der Waals surface area contributed by atoms with Crippen molar-refractivity contribution in [3.05, 3.63) is 79.9 Å². The lowest BCUT2D eigenvalue weighted by Gasteiger charge is -2.13. The number of aryl methyl sites for hydroxylation is 2. The minimum absolute atomic E-state index is 0.169. The van der Waals surface area contributed by atoms with Gasteiger partial charge in [-0.2, -0.15) is 13.2 Å². The Morgan fingerprint density at radius 1 is 1.11 bits per heavy atom. The van der Waals surface area contributed by atoms with Crippen LogP contribution in [-0.4, -0.2) is 15.0 Å². The van der Waals surface area contributed by atoms with E-state index in [4.69, 9.17) is 11.6 Å². The highest BCUT2D eigenvalue weighted by atomic mass is 35.5. The zero-order chi connectivity index (χ0) is 19.8. The number of aromatic nitrogens is 3. The van der Waals surface area contributed by atoms with E-state index in [0.29, 0.717) is 16.3 Å². The van der Waals surface area contributed by atoms with Gasteiger partial charge in [-0.1, -0.05) is 29.8 Å². The number of aromatic amines is 1. The predicted octanol–water partition coefficient (Wildman–Crippen LogP) is 4.71. The monoisotopic (exact) mass is 393 g/mol. The summed E-state index contributed by atoms with van der Waals surface area (Å²) < 4.78 is 40.8. The number of nitrogens with one attached hydrogen (secondary N) is 1. The maximum atomic E-state index is 13.6. The van der Waals surface area contributed by atoms with Gasteiger partial charge >= 0.3 is 6.18 Å². The molecule has 0 aliphatic rings. The summed E-state index contributed by atoms with van der Waals surface area (Å²) in [4.78, 5) is 22.7. The molecule has 0 aliphatic carbocycles. The Morgan fingerprint density at radius 3 is 2.48 bits per heavy atom. The number of nitrogens with zero attached hydrogens (tertiary/aromatic N) is 2.